The molecule has 1 aromatic rings. The summed E-state index contributed by atoms with van der Waals surface area (Å²) in [6, 6.07) is 8.22. The van der Waals surface area contributed by atoms with E-state index in [2.05, 4.69) is 48.1 Å². The third kappa shape index (κ3) is 7.01. The van der Waals surface area contributed by atoms with Gasteiger partial charge in [-0.1, -0.05) is 19.1 Å². The molecule has 5 nitrogen and oxygen atoms in total. The first-order valence-electron chi connectivity index (χ1n) is 9.01. The van der Waals surface area contributed by atoms with Crippen LogP contribution in [0.3, 0.4) is 0 Å². The third-order valence-corrected chi connectivity index (χ3v) is 4.59. The molecule has 1 N–H and O–H groups in total. The van der Waals surface area contributed by atoms with Gasteiger partial charge in [-0.15, -0.1) is 24.0 Å². The summed E-state index contributed by atoms with van der Waals surface area (Å²) in [6.07, 6.45) is 1.26. The molecule has 1 aliphatic rings. The highest BCUT2D eigenvalue weighted by molar-refractivity contribution is 14.0. The first-order chi connectivity index (χ1) is 11.7. The maximum atomic E-state index is 5.22. The molecule has 2 rings (SSSR count). The van der Waals surface area contributed by atoms with Crippen molar-refractivity contribution in [2.45, 2.75) is 26.8 Å². The lowest BCUT2D eigenvalue weighted by molar-refractivity contribution is 0.343. The van der Waals surface area contributed by atoms with E-state index in [1.54, 1.807) is 7.11 Å². The van der Waals surface area contributed by atoms with Crippen molar-refractivity contribution < 1.29 is 4.74 Å². The normalized spacial score (nSPS) is 17.9. The number of nitrogens with zero attached hydrogens (tertiary/aromatic N) is 3. The van der Waals surface area contributed by atoms with Crippen molar-refractivity contribution in [3.05, 3.63) is 29.8 Å². The van der Waals surface area contributed by atoms with Gasteiger partial charge in [-0.3, -0.25) is 4.99 Å². The lowest BCUT2D eigenvalue weighted by Gasteiger charge is -2.23. The van der Waals surface area contributed by atoms with Crippen molar-refractivity contribution in [3.8, 4) is 5.75 Å². The zero-order valence-electron chi connectivity index (χ0n) is 16.0. The summed E-state index contributed by atoms with van der Waals surface area (Å²) in [5.74, 6) is 2.57. The summed E-state index contributed by atoms with van der Waals surface area (Å²) in [6.45, 7) is 10.5. The minimum Gasteiger partial charge on any atom is -0.497 e. The number of benzene rings is 1. The van der Waals surface area contributed by atoms with Crippen molar-refractivity contribution >= 4 is 29.9 Å². The lowest BCUT2D eigenvalue weighted by atomic mass is 10.1. The van der Waals surface area contributed by atoms with Gasteiger partial charge >= 0.3 is 0 Å². The van der Waals surface area contributed by atoms with Crippen molar-refractivity contribution in [2.24, 2.45) is 10.9 Å². The topological polar surface area (TPSA) is 40.1 Å². The third-order valence-electron chi connectivity index (χ3n) is 4.59. The van der Waals surface area contributed by atoms with E-state index in [4.69, 9.17) is 9.73 Å². The second kappa shape index (κ2) is 11.6. The molecule has 25 heavy (non-hydrogen) atoms. The Balaban J connectivity index is 0.00000312. The highest BCUT2D eigenvalue weighted by atomic mass is 127. The van der Waals surface area contributed by atoms with Crippen LogP contribution in [0.1, 0.15) is 25.8 Å². The second-order valence-corrected chi connectivity index (χ2v) is 6.45. The summed E-state index contributed by atoms with van der Waals surface area (Å²) in [7, 11) is 3.79. The minimum atomic E-state index is 0. The minimum absolute atomic E-state index is 0. The van der Waals surface area contributed by atoms with Gasteiger partial charge in [-0.2, -0.15) is 0 Å². The highest BCUT2D eigenvalue weighted by Crippen LogP contribution is 2.16. The average Bonchev–Trinajstić information content (AvgIpc) is 3.07. The van der Waals surface area contributed by atoms with Gasteiger partial charge in [-0.05, 0) is 50.0 Å². The number of hydrogen-bond acceptors (Lipinski definition) is 3. The number of guanidine groups is 1. The fourth-order valence-corrected chi connectivity index (χ4v) is 3.11. The quantitative estimate of drug-likeness (QED) is 0.386. The van der Waals surface area contributed by atoms with E-state index in [0.29, 0.717) is 5.92 Å². The number of aliphatic imine (C=N–C) groups is 1. The summed E-state index contributed by atoms with van der Waals surface area (Å²) < 4.78 is 5.22. The van der Waals surface area contributed by atoms with Crippen LogP contribution in [0.4, 0.5) is 0 Å². The van der Waals surface area contributed by atoms with Crippen LogP contribution >= 0.6 is 24.0 Å². The number of hydrogen-bond donors (Lipinski definition) is 1. The maximum Gasteiger partial charge on any atom is 0.193 e. The molecule has 0 bridgehead atoms. The predicted octanol–water partition coefficient (Wildman–Crippen LogP) is 3.05. The lowest BCUT2D eigenvalue weighted by Crippen LogP contribution is -2.39. The Morgan fingerprint density at radius 3 is 2.60 bits per heavy atom. The molecule has 6 heteroatoms. The van der Waals surface area contributed by atoms with Crippen LogP contribution < -0.4 is 10.1 Å². The number of ether oxygens (including phenoxy) is 1. The molecule has 1 heterocycles. The van der Waals surface area contributed by atoms with E-state index in [1.807, 2.05) is 12.1 Å². The number of nitrogens with one attached hydrogen (secondary N) is 1. The Morgan fingerprint density at radius 2 is 2.04 bits per heavy atom. The molecule has 142 valence electrons. The highest BCUT2D eigenvalue weighted by Gasteiger charge is 2.21. The molecule has 1 atom stereocenters. The van der Waals surface area contributed by atoms with Gasteiger partial charge in [0.15, 0.2) is 5.96 Å². The predicted molar refractivity (Wildman–Crippen MR) is 116 cm³/mol. The number of methoxy groups -OCH3 is 1. The van der Waals surface area contributed by atoms with E-state index >= 15 is 0 Å². The van der Waals surface area contributed by atoms with Gasteiger partial charge in [0.05, 0.1) is 7.11 Å². The Hall–Kier alpha value is -1.02. The molecule has 0 saturated carbocycles. The zero-order chi connectivity index (χ0) is 17.4. The van der Waals surface area contributed by atoms with Gasteiger partial charge in [0, 0.05) is 33.2 Å². The van der Waals surface area contributed by atoms with E-state index in [-0.39, 0.29) is 24.0 Å². The van der Waals surface area contributed by atoms with Crippen molar-refractivity contribution in [3.63, 3.8) is 0 Å². The van der Waals surface area contributed by atoms with Crippen LogP contribution in [0.2, 0.25) is 0 Å². The Kier molecular flexibility index (Phi) is 10.2. The van der Waals surface area contributed by atoms with E-state index < -0.39 is 0 Å². The first-order valence-corrected chi connectivity index (χ1v) is 9.01. The molecule has 0 aromatic heterocycles. The fourth-order valence-electron chi connectivity index (χ4n) is 3.11. The SMILES string of the molecule is CCNC(=NCC1CCN(CC)C1)N(C)Cc1ccc(OC)cc1.I. The molecule has 1 fully saturated rings. The standard InChI is InChI=1S/C19H32N4O.HI/c1-5-20-19(21-13-17-11-12-23(6-2)15-17)22(3)14-16-7-9-18(24-4)10-8-16;/h7-10,17H,5-6,11-15H2,1-4H3,(H,20,21);1H. The molecule has 0 spiro atoms. The molecule has 1 aromatic carbocycles. The van der Waals surface area contributed by atoms with Crippen molar-refractivity contribution in [1.82, 2.24) is 15.1 Å². The van der Waals surface area contributed by atoms with Crippen LogP contribution in [0.5, 0.6) is 5.75 Å². The van der Waals surface area contributed by atoms with E-state index in [0.717, 1.165) is 37.9 Å². The van der Waals surface area contributed by atoms with Crippen LogP contribution in [-0.2, 0) is 6.54 Å². The summed E-state index contributed by atoms with van der Waals surface area (Å²) in [5, 5.41) is 3.41. The van der Waals surface area contributed by atoms with Gasteiger partial charge in [-0.25, -0.2) is 0 Å². The number of likely N-dealkylation sites (tertiary alicyclic amines) is 1. The van der Waals surface area contributed by atoms with Crippen LogP contribution in [0.15, 0.2) is 29.3 Å². The summed E-state index contributed by atoms with van der Waals surface area (Å²) in [5.41, 5.74) is 1.25. The number of rotatable bonds is 7. The second-order valence-electron chi connectivity index (χ2n) is 6.45. The monoisotopic (exact) mass is 460 g/mol. The zero-order valence-corrected chi connectivity index (χ0v) is 18.3. The first kappa shape index (κ1) is 22.0. The van der Waals surface area contributed by atoms with Gasteiger partial charge < -0.3 is 19.9 Å². The Bertz CT molecular complexity index is 521. The largest absolute Gasteiger partial charge is 0.497 e. The molecule has 1 saturated heterocycles. The number of halogens is 1. The van der Waals surface area contributed by atoms with Crippen LogP contribution in [-0.4, -0.2) is 62.6 Å². The van der Waals surface area contributed by atoms with Crippen LogP contribution in [0.25, 0.3) is 0 Å². The van der Waals surface area contributed by atoms with Crippen molar-refractivity contribution in [1.29, 1.82) is 0 Å². The molecule has 1 aliphatic heterocycles. The average molecular weight is 460 g/mol. The molecule has 1 unspecified atom stereocenters. The Morgan fingerprint density at radius 1 is 1.32 bits per heavy atom. The molecule has 0 aliphatic carbocycles. The van der Waals surface area contributed by atoms with E-state index in [9.17, 15) is 0 Å². The summed E-state index contributed by atoms with van der Waals surface area (Å²) >= 11 is 0. The van der Waals surface area contributed by atoms with E-state index in [1.165, 1.54) is 25.1 Å². The molecule has 0 amide bonds. The molecule has 0 radical (unpaired) electrons. The Labute approximate surface area is 169 Å². The van der Waals surface area contributed by atoms with Gasteiger partial charge in [0.2, 0.25) is 0 Å². The summed E-state index contributed by atoms with van der Waals surface area (Å²) in [4.78, 5) is 9.57. The smallest absolute Gasteiger partial charge is 0.193 e. The van der Waals surface area contributed by atoms with Crippen molar-refractivity contribution in [2.75, 3.05) is 46.9 Å². The maximum absolute atomic E-state index is 5.22. The van der Waals surface area contributed by atoms with Gasteiger partial charge in [0.1, 0.15) is 5.75 Å². The fraction of sp³-hybridized carbons (Fsp3) is 0.632. The molecular formula is C19H33IN4O. The van der Waals surface area contributed by atoms with Crippen LogP contribution in [0, 0.1) is 5.92 Å². The van der Waals surface area contributed by atoms with Gasteiger partial charge in [0.25, 0.3) is 0 Å². The molecular weight excluding hydrogens is 427 g/mol.